The number of nitrogens with one attached hydrogen (secondary N) is 2. The molecule has 29 heavy (non-hydrogen) atoms. The first kappa shape index (κ1) is 22.7. The first-order valence-corrected chi connectivity index (χ1v) is 9.57. The number of aromatic nitrogens is 2. The van der Waals surface area contributed by atoms with Crippen LogP contribution in [0.25, 0.3) is 0 Å². The second-order valence-electron chi connectivity index (χ2n) is 6.34. The smallest absolute Gasteiger partial charge is 0.191 e. The average Bonchev–Trinajstić information content (AvgIpc) is 3.23. The van der Waals surface area contributed by atoms with Gasteiger partial charge in [-0.15, -0.1) is 24.0 Å². The van der Waals surface area contributed by atoms with E-state index in [0.29, 0.717) is 19.7 Å². The van der Waals surface area contributed by atoms with Crippen LogP contribution in [0.15, 0.2) is 78.3 Å². The third kappa shape index (κ3) is 8.15. The third-order valence-electron chi connectivity index (χ3n) is 4.09. The Hall–Kier alpha value is -2.55. The Morgan fingerprint density at radius 3 is 2.66 bits per heavy atom. The Bertz CT molecular complexity index is 853. The normalized spacial score (nSPS) is 10.9. The van der Waals surface area contributed by atoms with Crippen LogP contribution in [0.3, 0.4) is 0 Å². The number of nitrogens with zero attached hydrogens (tertiary/aromatic N) is 3. The van der Waals surface area contributed by atoms with Gasteiger partial charge >= 0.3 is 0 Å². The number of halogens is 1. The molecular weight excluding hydrogens is 477 g/mol. The van der Waals surface area contributed by atoms with Gasteiger partial charge in [-0.3, -0.25) is 0 Å². The highest BCUT2D eigenvalue weighted by Crippen LogP contribution is 2.09. The lowest BCUT2D eigenvalue weighted by atomic mass is 10.1. The molecule has 0 aliphatic heterocycles. The van der Waals surface area contributed by atoms with Gasteiger partial charge in [0.15, 0.2) is 5.96 Å². The van der Waals surface area contributed by atoms with Crippen LogP contribution in [-0.4, -0.2) is 35.2 Å². The van der Waals surface area contributed by atoms with Crippen LogP contribution >= 0.6 is 24.0 Å². The summed E-state index contributed by atoms with van der Waals surface area (Å²) in [7, 11) is 0. The monoisotopic (exact) mass is 505 g/mol. The molecule has 0 saturated heterocycles. The van der Waals surface area contributed by atoms with Gasteiger partial charge in [-0.25, -0.2) is 9.98 Å². The minimum atomic E-state index is 0. The second-order valence-corrected chi connectivity index (χ2v) is 6.34. The summed E-state index contributed by atoms with van der Waals surface area (Å²) in [6.07, 6.45) is 5.59. The maximum absolute atomic E-state index is 5.71. The molecule has 0 unspecified atom stereocenters. The zero-order valence-electron chi connectivity index (χ0n) is 16.6. The van der Waals surface area contributed by atoms with Crippen LogP contribution in [0.2, 0.25) is 0 Å². The van der Waals surface area contributed by atoms with E-state index in [1.54, 1.807) is 6.20 Å². The number of imidazole rings is 1. The molecule has 0 atom stereocenters. The van der Waals surface area contributed by atoms with Gasteiger partial charge in [-0.05, 0) is 30.2 Å². The summed E-state index contributed by atoms with van der Waals surface area (Å²) in [6.45, 7) is 5.56. The molecule has 0 radical (unpaired) electrons. The van der Waals surface area contributed by atoms with Crippen LogP contribution in [0, 0.1) is 0 Å². The van der Waals surface area contributed by atoms with E-state index in [1.807, 2.05) is 42.9 Å². The lowest BCUT2D eigenvalue weighted by Gasteiger charge is -2.12. The summed E-state index contributed by atoms with van der Waals surface area (Å²) in [5, 5.41) is 6.59. The molecule has 0 bridgehead atoms. The summed E-state index contributed by atoms with van der Waals surface area (Å²) < 4.78 is 7.77. The molecule has 0 spiro atoms. The van der Waals surface area contributed by atoms with E-state index >= 15 is 0 Å². The number of guanidine groups is 1. The van der Waals surface area contributed by atoms with Gasteiger partial charge in [0.1, 0.15) is 12.4 Å². The van der Waals surface area contributed by atoms with Crippen molar-refractivity contribution in [3.05, 3.63) is 84.4 Å². The van der Waals surface area contributed by atoms with E-state index in [-0.39, 0.29) is 24.0 Å². The van der Waals surface area contributed by atoms with Gasteiger partial charge in [-0.2, -0.15) is 0 Å². The molecule has 0 amide bonds. The summed E-state index contributed by atoms with van der Waals surface area (Å²) in [5.74, 6) is 1.67. The first-order valence-electron chi connectivity index (χ1n) is 9.57. The number of ether oxygens (including phenoxy) is 1. The van der Waals surface area contributed by atoms with Crippen molar-refractivity contribution >= 4 is 29.9 Å². The molecule has 2 N–H and O–H groups in total. The van der Waals surface area contributed by atoms with E-state index in [2.05, 4.69) is 56.4 Å². The van der Waals surface area contributed by atoms with E-state index in [9.17, 15) is 0 Å². The standard InChI is InChI=1S/C22H27N5O.HI/c1-2-24-22(25-12-14-28-21-9-4-3-5-10-21)26-16-19-7-6-8-20(15-19)17-27-13-11-23-18-27;/h3-11,13,15,18H,2,12,14,16-17H2,1H3,(H2,24,25,26);1H. The zero-order valence-corrected chi connectivity index (χ0v) is 19.0. The molecular formula is C22H28IN5O. The fourth-order valence-electron chi connectivity index (χ4n) is 2.78. The van der Waals surface area contributed by atoms with Crippen molar-refractivity contribution < 1.29 is 4.74 Å². The minimum Gasteiger partial charge on any atom is -0.492 e. The summed E-state index contributed by atoms with van der Waals surface area (Å²) in [5.41, 5.74) is 2.41. The molecule has 6 nitrogen and oxygen atoms in total. The summed E-state index contributed by atoms with van der Waals surface area (Å²) >= 11 is 0. The Kier molecular flexibility index (Phi) is 10.1. The highest BCUT2D eigenvalue weighted by molar-refractivity contribution is 14.0. The Morgan fingerprint density at radius 2 is 1.90 bits per heavy atom. The van der Waals surface area contributed by atoms with Crippen molar-refractivity contribution in [3.63, 3.8) is 0 Å². The molecule has 0 fully saturated rings. The van der Waals surface area contributed by atoms with Crippen molar-refractivity contribution in [2.75, 3.05) is 19.7 Å². The van der Waals surface area contributed by atoms with Gasteiger partial charge in [0.25, 0.3) is 0 Å². The van der Waals surface area contributed by atoms with Gasteiger partial charge < -0.3 is 19.9 Å². The quantitative estimate of drug-likeness (QED) is 0.202. The average molecular weight is 505 g/mol. The van der Waals surface area contributed by atoms with Gasteiger partial charge in [0, 0.05) is 25.5 Å². The maximum atomic E-state index is 5.71. The highest BCUT2D eigenvalue weighted by atomic mass is 127. The number of hydrogen-bond donors (Lipinski definition) is 2. The molecule has 1 aromatic heterocycles. The molecule has 0 aliphatic rings. The van der Waals surface area contributed by atoms with Crippen molar-refractivity contribution in [3.8, 4) is 5.75 Å². The van der Waals surface area contributed by atoms with Crippen molar-refractivity contribution in [2.24, 2.45) is 4.99 Å². The lowest BCUT2D eigenvalue weighted by molar-refractivity contribution is 0.322. The topological polar surface area (TPSA) is 63.5 Å². The SMILES string of the molecule is CCNC(=NCc1cccc(Cn2ccnc2)c1)NCCOc1ccccc1.I. The van der Waals surface area contributed by atoms with Crippen molar-refractivity contribution in [1.29, 1.82) is 0 Å². The van der Waals surface area contributed by atoms with Crippen molar-refractivity contribution in [2.45, 2.75) is 20.0 Å². The summed E-state index contributed by atoms with van der Waals surface area (Å²) in [6, 6.07) is 18.3. The largest absolute Gasteiger partial charge is 0.492 e. The van der Waals surface area contributed by atoms with Gasteiger partial charge in [-0.1, -0.05) is 42.5 Å². The van der Waals surface area contributed by atoms with E-state index in [4.69, 9.17) is 4.74 Å². The molecule has 154 valence electrons. The van der Waals surface area contributed by atoms with Crippen LogP contribution in [-0.2, 0) is 13.1 Å². The minimum absolute atomic E-state index is 0. The number of aliphatic imine (C=N–C) groups is 1. The zero-order chi connectivity index (χ0) is 19.4. The molecule has 0 saturated carbocycles. The predicted octanol–water partition coefficient (Wildman–Crippen LogP) is 3.68. The van der Waals surface area contributed by atoms with Crippen LogP contribution < -0.4 is 15.4 Å². The van der Waals surface area contributed by atoms with Crippen LogP contribution in [0.4, 0.5) is 0 Å². The first-order chi connectivity index (χ1) is 13.8. The van der Waals surface area contributed by atoms with E-state index < -0.39 is 0 Å². The number of para-hydroxylation sites is 1. The second kappa shape index (κ2) is 12.8. The maximum Gasteiger partial charge on any atom is 0.191 e. The number of benzene rings is 2. The third-order valence-corrected chi connectivity index (χ3v) is 4.09. The Labute approximate surface area is 189 Å². The molecule has 2 aromatic carbocycles. The molecule has 3 aromatic rings. The molecule has 3 rings (SSSR count). The van der Waals surface area contributed by atoms with Crippen molar-refractivity contribution in [1.82, 2.24) is 20.2 Å². The predicted molar refractivity (Wildman–Crippen MR) is 128 cm³/mol. The van der Waals surface area contributed by atoms with Crippen LogP contribution in [0.1, 0.15) is 18.1 Å². The highest BCUT2D eigenvalue weighted by Gasteiger charge is 2.00. The molecule has 1 heterocycles. The Balaban J connectivity index is 0.00000300. The fraction of sp³-hybridized carbons (Fsp3) is 0.273. The Morgan fingerprint density at radius 1 is 1.07 bits per heavy atom. The van der Waals surface area contributed by atoms with E-state index in [1.165, 1.54) is 11.1 Å². The number of hydrogen-bond acceptors (Lipinski definition) is 3. The number of rotatable bonds is 9. The molecule has 7 heteroatoms. The van der Waals surface area contributed by atoms with Crippen LogP contribution in [0.5, 0.6) is 5.75 Å². The van der Waals surface area contributed by atoms with Gasteiger partial charge in [0.2, 0.25) is 0 Å². The van der Waals surface area contributed by atoms with Gasteiger partial charge in [0.05, 0.1) is 19.4 Å². The lowest BCUT2D eigenvalue weighted by Crippen LogP contribution is -2.39. The summed E-state index contributed by atoms with van der Waals surface area (Å²) in [4.78, 5) is 8.78. The molecule has 0 aliphatic carbocycles. The van der Waals surface area contributed by atoms with E-state index in [0.717, 1.165) is 24.8 Å². The fourth-order valence-corrected chi connectivity index (χ4v) is 2.78.